The summed E-state index contributed by atoms with van der Waals surface area (Å²) in [6.07, 6.45) is 6.49. The number of nitrogens with one attached hydrogen (secondary N) is 2. The number of hydrogen-bond acceptors (Lipinski definition) is 4. The molecular weight excluding hydrogens is 364 g/mol. The molecule has 156 valence electrons. The Kier molecular flexibility index (Phi) is 8.88. The lowest BCUT2D eigenvalue weighted by Crippen LogP contribution is -2.42. The van der Waals surface area contributed by atoms with Gasteiger partial charge in [0.25, 0.3) is 0 Å². The molecule has 0 heterocycles. The van der Waals surface area contributed by atoms with Crippen molar-refractivity contribution in [3.8, 4) is 0 Å². The Hall–Kier alpha value is -2.64. The number of carbonyl (C=O) groups excluding carboxylic acids is 2. The molecule has 8 nitrogen and oxygen atoms in total. The van der Waals surface area contributed by atoms with Crippen LogP contribution in [-0.2, 0) is 19.2 Å². The lowest BCUT2D eigenvalue weighted by molar-refractivity contribution is -0.132. The Balaban J connectivity index is 2.78. The van der Waals surface area contributed by atoms with Crippen molar-refractivity contribution in [2.75, 3.05) is 13.1 Å². The van der Waals surface area contributed by atoms with Gasteiger partial charge >= 0.3 is 11.9 Å². The van der Waals surface area contributed by atoms with Gasteiger partial charge in [-0.05, 0) is 42.4 Å². The number of amides is 2. The zero-order chi connectivity index (χ0) is 21.3. The van der Waals surface area contributed by atoms with E-state index in [0.29, 0.717) is 19.0 Å². The van der Waals surface area contributed by atoms with E-state index in [4.69, 9.17) is 10.2 Å². The van der Waals surface area contributed by atoms with Crippen LogP contribution in [0, 0.1) is 23.2 Å². The van der Waals surface area contributed by atoms with E-state index in [1.807, 2.05) is 0 Å². The molecule has 28 heavy (non-hydrogen) atoms. The number of carbonyl (C=O) groups is 4. The lowest BCUT2D eigenvalue weighted by Gasteiger charge is -2.42. The second-order valence-corrected chi connectivity index (χ2v) is 8.27. The molecule has 8 heteroatoms. The van der Waals surface area contributed by atoms with Gasteiger partial charge in [0.2, 0.25) is 11.8 Å². The van der Waals surface area contributed by atoms with E-state index >= 15 is 0 Å². The minimum Gasteiger partial charge on any atom is -0.478 e. The Morgan fingerprint density at radius 2 is 1.39 bits per heavy atom. The van der Waals surface area contributed by atoms with E-state index in [0.717, 1.165) is 43.6 Å². The summed E-state index contributed by atoms with van der Waals surface area (Å²) in [5.74, 6) is -2.68. The lowest BCUT2D eigenvalue weighted by atomic mass is 9.64. The highest BCUT2D eigenvalue weighted by atomic mass is 16.4. The van der Waals surface area contributed by atoms with Gasteiger partial charge in [0.15, 0.2) is 0 Å². The average molecular weight is 394 g/mol. The third kappa shape index (κ3) is 9.34. The van der Waals surface area contributed by atoms with Crippen molar-refractivity contribution in [2.24, 2.45) is 23.2 Å². The van der Waals surface area contributed by atoms with E-state index < -0.39 is 23.8 Å². The Morgan fingerprint density at radius 1 is 0.929 bits per heavy atom. The van der Waals surface area contributed by atoms with Crippen LogP contribution < -0.4 is 10.6 Å². The van der Waals surface area contributed by atoms with Crippen LogP contribution in [0.25, 0.3) is 0 Å². The minimum absolute atomic E-state index is 0.0496. The molecule has 0 saturated heterocycles. The molecule has 0 spiro atoms. The molecule has 0 radical (unpaired) electrons. The van der Waals surface area contributed by atoms with Crippen molar-refractivity contribution < 1.29 is 29.4 Å². The van der Waals surface area contributed by atoms with Gasteiger partial charge in [0.1, 0.15) is 0 Å². The zero-order valence-corrected chi connectivity index (χ0v) is 16.6. The second-order valence-electron chi connectivity index (χ2n) is 8.27. The molecule has 2 unspecified atom stereocenters. The van der Waals surface area contributed by atoms with Gasteiger partial charge in [-0.25, -0.2) is 9.59 Å². The maximum atomic E-state index is 11.8. The van der Waals surface area contributed by atoms with Crippen LogP contribution >= 0.6 is 0 Å². The van der Waals surface area contributed by atoms with Crippen LogP contribution in [0.3, 0.4) is 0 Å². The predicted octanol–water partition coefficient (Wildman–Crippen LogP) is 1.58. The van der Waals surface area contributed by atoms with Gasteiger partial charge in [-0.2, -0.15) is 0 Å². The third-order valence-corrected chi connectivity index (χ3v) is 4.92. The highest BCUT2D eigenvalue weighted by molar-refractivity contribution is 5.94. The SMILES string of the molecule is CC1CC(C(CNC(=O)/C=C\C(=O)O)CNC(=O)/C=C\C(=O)O)CC(C)(C)C1. The molecule has 0 aromatic heterocycles. The minimum atomic E-state index is -1.20. The van der Waals surface area contributed by atoms with E-state index in [9.17, 15) is 19.2 Å². The molecule has 0 aromatic carbocycles. The van der Waals surface area contributed by atoms with E-state index in [1.54, 1.807) is 0 Å². The molecule has 2 amide bonds. The molecule has 1 rings (SSSR count). The van der Waals surface area contributed by atoms with Crippen LogP contribution in [0.15, 0.2) is 24.3 Å². The largest absolute Gasteiger partial charge is 0.478 e. The van der Waals surface area contributed by atoms with Crippen LogP contribution in [0.5, 0.6) is 0 Å². The monoisotopic (exact) mass is 394 g/mol. The van der Waals surface area contributed by atoms with Crippen molar-refractivity contribution in [1.82, 2.24) is 10.6 Å². The van der Waals surface area contributed by atoms with Crippen LogP contribution in [0.4, 0.5) is 0 Å². The quantitative estimate of drug-likeness (QED) is 0.439. The molecule has 1 saturated carbocycles. The Bertz CT molecular complexity index is 613. The first kappa shape index (κ1) is 23.4. The van der Waals surface area contributed by atoms with Crippen LogP contribution in [0.1, 0.15) is 40.0 Å². The van der Waals surface area contributed by atoms with Gasteiger partial charge in [0.05, 0.1) is 0 Å². The normalized spacial score (nSPS) is 21.7. The standard InChI is InChI=1S/C20H30N2O6/c1-13-8-14(10-20(2,3)9-13)15(11-21-16(23)4-6-18(25)26)12-22-17(24)5-7-19(27)28/h4-7,13-15H,8-12H2,1-3H3,(H,21,23)(H,22,24)(H,25,26)(H,27,28)/b6-4-,7-5-. The topological polar surface area (TPSA) is 133 Å². The summed E-state index contributed by atoms with van der Waals surface area (Å²) < 4.78 is 0. The van der Waals surface area contributed by atoms with Gasteiger partial charge in [-0.1, -0.05) is 20.8 Å². The maximum absolute atomic E-state index is 11.8. The molecule has 4 N–H and O–H groups in total. The third-order valence-electron chi connectivity index (χ3n) is 4.92. The molecule has 0 aliphatic heterocycles. The van der Waals surface area contributed by atoms with Crippen molar-refractivity contribution >= 4 is 23.8 Å². The van der Waals surface area contributed by atoms with Crippen molar-refractivity contribution in [1.29, 1.82) is 0 Å². The number of rotatable bonds is 9. The van der Waals surface area contributed by atoms with Crippen LogP contribution in [0.2, 0.25) is 0 Å². The number of hydrogen-bond donors (Lipinski definition) is 4. The van der Waals surface area contributed by atoms with E-state index in [1.165, 1.54) is 0 Å². The summed E-state index contributed by atoms with van der Waals surface area (Å²) in [7, 11) is 0. The molecular formula is C20H30N2O6. The van der Waals surface area contributed by atoms with Gasteiger partial charge in [-0.3, -0.25) is 9.59 Å². The molecule has 1 aliphatic rings. The fourth-order valence-electron chi connectivity index (χ4n) is 4.06. The summed E-state index contributed by atoms with van der Waals surface area (Å²) in [5.41, 5.74) is 0.154. The van der Waals surface area contributed by atoms with E-state index in [-0.39, 0.29) is 17.3 Å². The van der Waals surface area contributed by atoms with Gasteiger partial charge in [0, 0.05) is 37.4 Å². The van der Waals surface area contributed by atoms with Crippen LogP contribution in [-0.4, -0.2) is 47.1 Å². The molecule has 2 atom stereocenters. The number of carboxylic acid groups (broad SMARTS) is 2. The maximum Gasteiger partial charge on any atom is 0.328 e. The smallest absolute Gasteiger partial charge is 0.328 e. The molecule has 1 aliphatic carbocycles. The summed E-state index contributed by atoms with van der Waals surface area (Å²) in [5, 5.41) is 22.6. The fraction of sp³-hybridized carbons (Fsp3) is 0.600. The van der Waals surface area contributed by atoms with Crippen molar-refractivity contribution in [3.63, 3.8) is 0 Å². The summed E-state index contributed by atoms with van der Waals surface area (Å²) in [4.78, 5) is 44.7. The molecule has 1 fully saturated rings. The number of aliphatic carboxylic acids is 2. The fourth-order valence-corrected chi connectivity index (χ4v) is 4.06. The van der Waals surface area contributed by atoms with Gasteiger partial charge < -0.3 is 20.8 Å². The van der Waals surface area contributed by atoms with Gasteiger partial charge in [-0.15, -0.1) is 0 Å². The Labute approximate surface area is 165 Å². The average Bonchev–Trinajstić information content (AvgIpc) is 2.56. The van der Waals surface area contributed by atoms with Crippen molar-refractivity contribution in [3.05, 3.63) is 24.3 Å². The zero-order valence-electron chi connectivity index (χ0n) is 16.6. The summed E-state index contributed by atoms with van der Waals surface area (Å²) in [6, 6.07) is 0. The predicted molar refractivity (Wildman–Crippen MR) is 103 cm³/mol. The molecule has 0 aromatic rings. The first-order valence-electron chi connectivity index (χ1n) is 9.36. The highest BCUT2D eigenvalue weighted by Crippen LogP contribution is 2.44. The summed E-state index contributed by atoms with van der Waals surface area (Å²) in [6.45, 7) is 7.18. The van der Waals surface area contributed by atoms with Crippen molar-refractivity contribution in [2.45, 2.75) is 40.0 Å². The Morgan fingerprint density at radius 3 is 1.79 bits per heavy atom. The number of carboxylic acids is 2. The first-order valence-corrected chi connectivity index (χ1v) is 9.36. The second kappa shape index (κ2) is 10.6. The van der Waals surface area contributed by atoms with E-state index in [2.05, 4.69) is 31.4 Å². The first-order chi connectivity index (χ1) is 13.0. The molecule has 0 bridgehead atoms. The highest BCUT2D eigenvalue weighted by Gasteiger charge is 2.36. The summed E-state index contributed by atoms with van der Waals surface area (Å²) >= 11 is 0.